The van der Waals surface area contributed by atoms with E-state index in [0.717, 1.165) is 33.3 Å². The number of hydrogen-bond donors (Lipinski definition) is 1. The van der Waals surface area contributed by atoms with Gasteiger partial charge in [0.15, 0.2) is 0 Å². The van der Waals surface area contributed by atoms with Crippen LogP contribution in [0.5, 0.6) is 0 Å². The molecule has 0 spiro atoms. The van der Waals surface area contributed by atoms with Gasteiger partial charge >= 0.3 is 0 Å². The first-order valence-corrected chi connectivity index (χ1v) is 10.3. The number of nitrogens with one attached hydrogen (secondary N) is 1. The van der Waals surface area contributed by atoms with Crippen molar-refractivity contribution in [3.8, 4) is 0 Å². The Hall–Kier alpha value is -3.19. The van der Waals surface area contributed by atoms with Gasteiger partial charge in [-0.15, -0.1) is 0 Å². The summed E-state index contributed by atoms with van der Waals surface area (Å²) < 4.78 is 1.72. The predicted octanol–water partition coefficient (Wildman–Crippen LogP) is 4.33. The highest BCUT2D eigenvalue weighted by atomic mass is 32.2. The molecule has 0 bridgehead atoms. The molecule has 4 aromatic rings. The van der Waals surface area contributed by atoms with Gasteiger partial charge in [0.05, 0.1) is 12.1 Å². The van der Waals surface area contributed by atoms with Gasteiger partial charge in [0.25, 0.3) is 5.78 Å². The van der Waals surface area contributed by atoms with E-state index in [1.54, 1.807) is 4.52 Å². The molecular weight excluding hydrogens is 382 g/mol. The molecule has 6 nitrogen and oxygen atoms in total. The number of nitrogens with zero attached hydrogens (tertiary/aromatic N) is 4. The maximum Gasteiger partial charge on any atom is 0.253 e. The summed E-state index contributed by atoms with van der Waals surface area (Å²) >= 11 is 1.53. The van der Waals surface area contributed by atoms with Crippen molar-refractivity contribution in [2.24, 2.45) is 0 Å². The van der Waals surface area contributed by atoms with Gasteiger partial charge in [-0.1, -0.05) is 60.6 Å². The molecule has 0 atom stereocenters. The SMILES string of the molecule is CCc1cc(Sc2ccccc2NC(=O)Cc2ccc(C)cc2)n2ncnc2n1. The predicted molar refractivity (Wildman–Crippen MR) is 114 cm³/mol. The summed E-state index contributed by atoms with van der Waals surface area (Å²) in [5.74, 6) is 0.532. The number of amides is 1. The van der Waals surface area contributed by atoms with E-state index in [0.29, 0.717) is 12.2 Å². The highest BCUT2D eigenvalue weighted by Crippen LogP contribution is 2.33. The van der Waals surface area contributed by atoms with Crippen LogP contribution in [0.25, 0.3) is 5.78 Å². The molecule has 0 aliphatic heterocycles. The van der Waals surface area contributed by atoms with Crippen LogP contribution in [-0.2, 0) is 17.6 Å². The molecule has 1 amide bonds. The quantitative estimate of drug-likeness (QED) is 0.485. The standard InChI is InChI=1S/C22H21N5OS/c1-3-17-13-21(27-22(25-17)23-14-24-27)29-19-7-5-4-6-18(19)26-20(28)12-16-10-8-15(2)9-11-16/h4-11,13-14H,3,12H2,1-2H3,(H,26,28). The molecule has 29 heavy (non-hydrogen) atoms. The Labute approximate surface area is 173 Å². The number of aryl methyl sites for hydroxylation is 2. The van der Waals surface area contributed by atoms with Crippen molar-refractivity contribution >= 4 is 29.1 Å². The first-order chi connectivity index (χ1) is 14.1. The third-order valence-corrected chi connectivity index (χ3v) is 5.57. The fourth-order valence-electron chi connectivity index (χ4n) is 2.94. The Bertz CT molecular complexity index is 1150. The van der Waals surface area contributed by atoms with E-state index >= 15 is 0 Å². The summed E-state index contributed by atoms with van der Waals surface area (Å²) in [6, 6.07) is 17.8. The van der Waals surface area contributed by atoms with Crippen molar-refractivity contribution < 1.29 is 4.79 Å². The summed E-state index contributed by atoms with van der Waals surface area (Å²) in [5.41, 5.74) is 3.90. The third-order valence-electron chi connectivity index (χ3n) is 4.50. The summed E-state index contributed by atoms with van der Waals surface area (Å²) in [6.07, 6.45) is 2.65. The molecule has 2 heterocycles. The van der Waals surface area contributed by atoms with Crippen LogP contribution in [0.2, 0.25) is 0 Å². The average Bonchev–Trinajstić information content (AvgIpc) is 3.20. The Morgan fingerprint density at radius 3 is 2.72 bits per heavy atom. The molecule has 7 heteroatoms. The Balaban J connectivity index is 1.56. The number of fused-ring (bicyclic) bond motifs is 1. The molecule has 1 N–H and O–H groups in total. The van der Waals surface area contributed by atoms with Crippen LogP contribution < -0.4 is 5.32 Å². The fourth-order valence-corrected chi connectivity index (χ4v) is 3.95. The van der Waals surface area contributed by atoms with Gasteiger partial charge in [0.2, 0.25) is 5.91 Å². The van der Waals surface area contributed by atoms with Gasteiger partial charge in [-0.2, -0.15) is 14.6 Å². The number of anilines is 1. The van der Waals surface area contributed by atoms with E-state index in [1.165, 1.54) is 23.7 Å². The number of carbonyl (C=O) groups excluding carboxylic acids is 1. The second-order valence-corrected chi connectivity index (χ2v) is 7.78. The van der Waals surface area contributed by atoms with Crippen LogP contribution in [0.1, 0.15) is 23.7 Å². The van der Waals surface area contributed by atoms with Crippen LogP contribution in [-0.4, -0.2) is 25.5 Å². The smallest absolute Gasteiger partial charge is 0.253 e. The Morgan fingerprint density at radius 1 is 1.14 bits per heavy atom. The summed E-state index contributed by atoms with van der Waals surface area (Å²) in [6.45, 7) is 4.09. The Kier molecular flexibility index (Phi) is 5.57. The normalized spacial score (nSPS) is 11.0. The van der Waals surface area contributed by atoms with Crippen molar-refractivity contribution in [1.29, 1.82) is 0 Å². The van der Waals surface area contributed by atoms with Crippen LogP contribution in [0, 0.1) is 6.92 Å². The lowest BCUT2D eigenvalue weighted by molar-refractivity contribution is -0.115. The highest BCUT2D eigenvalue weighted by molar-refractivity contribution is 7.99. The minimum absolute atomic E-state index is 0.0446. The van der Waals surface area contributed by atoms with E-state index < -0.39 is 0 Å². The zero-order valence-electron chi connectivity index (χ0n) is 16.3. The number of rotatable bonds is 6. The molecule has 0 aliphatic rings. The van der Waals surface area contributed by atoms with E-state index in [-0.39, 0.29) is 5.91 Å². The van der Waals surface area contributed by atoms with E-state index in [2.05, 4.69) is 27.3 Å². The van der Waals surface area contributed by atoms with Crippen LogP contribution in [0.3, 0.4) is 0 Å². The molecule has 0 radical (unpaired) electrons. The van der Waals surface area contributed by atoms with Crippen LogP contribution in [0.4, 0.5) is 5.69 Å². The molecule has 146 valence electrons. The van der Waals surface area contributed by atoms with Gasteiger partial charge in [-0.25, -0.2) is 4.98 Å². The monoisotopic (exact) mass is 403 g/mol. The van der Waals surface area contributed by atoms with Gasteiger partial charge in [0.1, 0.15) is 11.4 Å². The largest absolute Gasteiger partial charge is 0.325 e. The molecule has 0 saturated heterocycles. The lowest BCUT2D eigenvalue weighted by Gasteiger charge is -2.12. The topological polar surface area (TPSA) is 72.2 Å². The first kappa shape index (κ1) is 19.1. The second kappa shape index (κ2) is 8.45. The van der Waals surface area contributed by atoms with Gasteiger partial charge in [0, 0.05) is 10.6 Å². The zero-order chi connectivity index (χ0) is 20.2. The Morgan fingerprint density at radius 2 is 1.93 bits per heavy atom. The minimum atomic E-state index is -0.0446. The van der Waals surface area contributed by atoms with Gasteiger partial charge in [-0.3, -0.25) is 4.79 Å². The molecular formula is C22H21N5OS. The van der Waals surface area contributed by atoms with Crippen molar-refractivity contribution in [3.63, 3.8) is 0 Å². The molecule has 0 saturated carbocycles. The average molecular weight is 404 g/mol. The molecule has 4 rings (SSSR count). The number of carbonyl (C=O) groups is 1. The lowest BCUT2D eigenvalue weighted by atomic mass is 10.1. The van der Waals surface area contributed by atoms with Gasteiger partial charge in [-0.05, 0) is 37.1 Å². The van der Waals surface area contributed by atoms with Crippen LogP contribution in [0.15, 0.2) is 70.8 Å². The number of benzene rings is 2. The molecule has 2 aromatic heterocycles. The van der Waals surface area contributed by atoms with Crippen molar-refractivity contribution in [1.82, 2.24) is 19.6 Å². The molecule has 0 fully saturated rings. The zero-order valence-corrected chi connectivity index (χ0v) is 17.1. The third kappa shape index (κ3) is 4.46. The molecule has 0 aliphatic carbocycles. The lowest BCUT2D eigenvalue weighted by Crippen LogP contribution is -2.15. The highest BCUT2D eigenvalue weighted by Gasteiger charge is 2.13. The van der Waals surface area contributed by atoms with Crippen molar-refractivity contribution in [3.05, 3.63) is 77.7 Å². The maximum atomic E-state index is 12.6. The second-order valence-electron chi connectivity index (χ2n) is 6.72. The number of aromatic nitrogens is 4. The molecule has 0 unspecified atom stereocenters. The summed E-state index contributed by atoms with van der Waals surface area (Å²) in [4.78, 5) is 22.2. The van der Waals surface area contributed by atoms with Gasteiger partial charge < -0.3 is 5.32 Å². The first-order valence-electron chi connectivity index (χ1n) is 9.44. The number of para-hydroxylation sites is 1. The van der Waals surface area contributed by atoms with Crippen molar-refractivity contribution in [2.75, 3.05) is 5.32 Å². The summed E-state index contributed by atoms with van der Waals surface area (Å²) in [7, 11) is 0. The van der Waals surface area contributed by atoms with E-state index in [4.69, 9.17) is 0 Å². The maximum absolute atomic E-state index is 12.6. The van der Waals surface area contributed by atoms with E-state index in [9.17, 15) is 4.79 Å². The fraction of sp³-hybridized carbons (Fsp3) is 0.182. The minimum Gasteiger partial charge on any atom is -0.325 e. The van der Waals surface area contributed by atoms with Crippen LogP contribution >= 0.6 is 11.8 Å². The van der Waals surface area contributed by atoms with Crippen molar-refractivity contribution in [2.45, 2.75) is 36.6 Å². The summed E-state index contributed by atoms with van der Waals surface area (Å²) in [5, 5.41) is 8.23. The molecule has 2 aromatic carbocycles. The number of hydrogen-bond acceptors (Lipinski definition) is 5. The van der Waals surface area contributed by atoms with E-state index in [1.807, 2.05) is 61.5 Å².